The Balaban J connectivity index is 1.72. The van der Waals surface area contributed by atoms with E-state index in [1.165, 1.54) is 0 Å². The number of fused-ring (bicyclic) bond motifs is 1. The topological polar surface area (TPSA) is 55.1 Å². The number of carbonyl (C=O) groups is 1. The molecule has 0 aliphatic carbocycles. The molecular weight excluding hydrogens is 288 g/mol. The first-order valence-corrected chi connectivity index (χ1v) is 6.89. The molecule has 106 valence electrons. The number of amides is 1. The van der Waals surface area contributed by atoms with Gasteiger partial charge >= 0.3 is 0 Å². The molecule has 0 saturated heterocycles. The molecule has 0 atom stereocenters. The molecule has 1 aromatic heterocycles. The van der Waals surface area contributed by atoms with Crippen LogP contribution < -0.4 is 5.32 Å². The van der Waals surface area contributed by atoms with Crippen molar-refractivity contribution in [3.63, 3.8) is 0 Å². The number of hydrogen-bond donors (Lipinski definition) is 1. The van der Waals surface area contributed by atoms with Crippen LogP contribution in [-0.2, 0) is 6.54 Å². The van der Waals surface area contributed by atoms with Gasteiger partial charge in [0.15, 0.2) is 11.5 Å². The maximum atomic E-state index is 12.1. The van der Waals surface area contributed by atoms with Crippen LogP contribution in [0.3, 0.4) is 0 Å². The van der Waals surface area contributed by atoms with Gasteiger partial charge in [-0.3, -0.25) is 4.79 Å². The number of aromatic nitrogens is 1. The minimum absolute atomic E-state index is 0.152. The van der Waals surface area contributed by atoms with E-state index in [9.17, 15) is 4.79 Å². The number of nitrogens with one attached hydrogen (secondary N) is 1. The van der Waals surface area contributed by atoms with Crippen molar-refractivity contribution in [1.29, 1.82) is 0 Å². The number of carbonyl (C=O) groups excluding carboxylic acids is 1. The van der Waals surface area contributed by atoms with Crippen LogP contribution >= 0.6 is 11.6 Å². The molecule has 0 aliphatic rings. The summed E-state index contributed by atoms with van der Waals surface area (Å²) in [6, 6.07) is 12.6. The van der Waals surface area contributed by atoms with Gasteiger partial charge < -0.3 is 9.73 Å². The van der Waals surface area contributed by atoms with E-state index in [4.69, 9.17) is 16.0 Å². The summed E-state index contributed by atoms with van der Waals surface area (Å²) in [6.07, 6.45) is 0. The van der Waals surface area contributed by atoms with Gasteiger partial charge in [0.2, 0.25) is 0 Å². The molecule has 3 aromatic rings. The summed E-state index contributed by atoms with van der Waals surface area (Å²) in [4.78, 5) is 16.3. The summed E-state index contributed by atoms with van der Waals surface area (Å²) >= 11 is 5.82. The van der Waals surface area contributed by atoms with Crippen molar-refractivity contribution in [2.24, 2.45) is 0 Å². The lowest BCUT2D eigenvalue weighted by atomic mass is 10.2. The highest BCUT2D eigenvalue weighted by molar-refractivity contribution is 6.30. The van der Waals surface area contributed by atoms with Gasteiger partial charge in [-0.15, -0.1) is 0 Å². The fourth-order valence-corrected chi connectivity index (χ4v) is 2.19. The number of hydrogen-bond acceptors (Lipinski definition) is 3. The third kappa shape index (κ3) is 3.06. The van der Waals surface area contributed by atoms with Gasteiger partial charge in [-0.1, -0.05) is 23.7 Å². The monoisotopic (exact) mass is 300 g/mol. The Morgan fingerprint density at radius 2 is 2.00 bits per heavy atom. The zero-order valence-electron chi connectivity index (χ0n) is 11.4. The molecule has 1 heterocycles. The van der Waals surface area contributed by atoms with Crippen molar-refractivity contribution < 1.29 is 9.21 Å². The first-order chi connectivity index (χ1) is 10.1. The normalized spacial score (nSPS) is 10.8. The smallest absolute Gasteiger partial charge is 0.251 e. The molecule has 1 N–H and O–H groups in total. The van der Waals surface area contributed by atoms with Crippen molar-refractivity contribution in [2.45, 2.75) is 13.5 Å². The second-order valence-electron chi connectivity index (χ2n) is 4.72. The lowest BCUT2D eigenvalue weighted by Gasteiger charge is -2.05. The SMILES string of the molecule is Cc1nc2ccc(C(=O)NCc3ccc(Cl)cc3)cc2o1. The van der Waals surface area contributed by atoms with Gasteiger partial charge in [-0.25, -0.2) is 4.98 Å². The molecule has 0 saturated carbocycles. The molecule has 2 aromatic carbocycles. The van der Waals surface area contributed by atoms with Gasteiger partial charge in [-0.2, -0.15) is 0 Å². The van der Waals surface area contributed by atoms with Crippen molar-refractivity contribution >= 4 is 28.6 Å². The van der Waals surface area contributed by atoms with Crippen LogP contribution in [0.5, 0.6) is 0 Å². The number of benzene rings is 2. The minimum atomic E-state index is -0.152. The summed E-state index contributed by atoms with van der Waals surface area (Å²) < 4.78 is 5.43. The van der Waals surface area contributed by atoms with Crippen LogP contribution in [0.25, 0.3) is 11.1 Å². The van der Waals surface area contributed by atoms with Crippen molar-refractivity contribution in [2.75, 3.05) is 0 Å². The van der Waals surface area contributed by atoms with E-state index in [1.54, 1.807) is 37.3 Å². The maximum Gasteiger partial charge on any atom is 0.251 e. The molecule has 0 radical (unpaired) electrons. The van der Waals surface area contributed by atoms with Crippen molar-refractivity contribution in [1.82, 2.24) is 10.3 Å². The molecule has 0 bridgehead atoms. The number of oxazole rings is 1. The van der Waals surface area contributed by atoms with Crippen molar-refractivity contribution in [3.05, 3.63) is 64.5 Å². The Kier molecular flexibility index (Phi) is 3.62. The highest BCUT2D eigenvalue weighted by Gasteiger charge is 2.09. The van der Waals surface area contributed by atoms with Crippen LogP contribution in [-0.4, -0.2) is 10.9 Å². The summed E-state index contributed by atoms with van der Waals surface area (Å²) in [6.45, 7) is 2.23. The molecule has 5 heteroatoms. The molecule has 0 spiro atoms. The predicted octanol–water partition coefficient (Wildman–Crippen LogP) is 3.72. The van der Waals surface area contributed by atoms with Crippen molar-refractivity contribution in [3.8, 4) is 0 Å². The van der Waals surface area contributed by atoms with E-state index < -0.39 is 0 Å². The molecule has 0 unspecified atom stereocenters. The number of nitrogens with zero attached hydrogens (tertiary/aromatic N) is 1. The highest BCUT2D eigenvalue weighted by atomic mass is 35.5. The fourth-order valence-electron chi connectivity index (χ4n) is 2.07. The zero-order chi connectivity index (χ0) is 14.8. The highest BCUT2D eigenvalue weighted by Crippen LogP contribution is 2.17. The van der Waals surface area contributed by atoms with E-state index in [0.717, 1.165) is 11.1 Å². The van der Waals surface area contributed by atoms with Gasteiger partial charge in [0.1, 0.15) is 5.52 Å². The standard InChI is InChI=1S/C16H13ClN2O2/c1-10-19-14-7-4-12(8-15(14)21-10)16(20)18-9-11-2-5-13(17)6-3-11/h2-8H,9H2,1H3,(H,18,20). The predicted molar refractivity (Wildman–Crippen MR) is 81.4 cm³/mol. The maximum absolute atomic E-state index is 12.1. The third-order valence-corrected chi connectivity index (χ3v) is 3.38. The molecule has 0 aliphatic heterocycles. The lowest BCUT2D eigenvalue weighted by Crippen LogP contribution is -2.22. The average Bonchev–Trinajstić information content (AvgIpc) is 2.85. The largest absolute Gasteiger partial charge is 0.441 e. The van der Waals surface area contributed by atoms with Crippen LogP contribution in [0.4, 0.5) is 0 Å². The number of rotatable bonds is 3. The Hall–Kier alpha value is -2.33. The molecule has 4 nitrogen and oxygen atoms in total. The molecule has 0 fully saturated rings. The third-order valence-electron chi connectivity index (χ3n) is 3.12. The number of halogens is 1. The molecular formula is C16H13ClN2O2. The first kappa shape index (κ1) is 13.6. The summed E-state index contributed by atoms with van der Waals surface area (Å²) in [7, 11) is 0. The Labute approximate surface area is 126 Å². The van der Waals surface area contributed by atoms with Crippen LogP contribution in [0, 0.1) is 6.92 Å². The van der Waals surface area contributed by atoms with E-state index in [1.807, 2.05) is 12.1 Å². The van der Waals surface area contributed by atoms with E-state index in [-0.39, 0.29) is 5.91 Å². The Morgan fingerprint density at radius 3 is 2.76 bits per heavy atom. The molecule has 21 heavy (non-hydrogen) atoms. The Bertz CT molecular complexity index is 794. The fraction of sp³-hybridized carbons (Fsp3) is 0.125. The number of aryl methyl sites for hydroxylation is 1. The average molecular weight is 301 g/mol. The van der Waals surface area contributed by atoms with Crippen LogP contribution in [0.2, 0.25) is 5.02 Å². The zero-order valence-corrected chi connectivity index (χ0v) is 12.1. The van der Waals surface area contributed by atoms with E-state index in [0.29, 0.717) is 28.6 Å². The van der Waals surface area contributed by atoms with E-state index >= 15 is 0 Å². The van der Waals surface area contributed by atoms with Gasteiger partial charge in [0.25, 0.3) is 5.91 Å². The molecule has 1 amide bonds. The van der Waals surface area contributed by atoms with Gasteiger partial charge in [0.05, 0.1) is 0 Å². The van der Waals surface area contributed by atoms with E-state index in [2.05, 4.69) is 10.3 Å². The minimum Gasteiger partial charge on any atom is -0.441 e. The second-order valence-corrected chi connectivity index (χ2v) is 5.16. The van der Waals surface area contributed by atoms with Crippen LogP contribution in [0.15, 0.2) is 46.9 Å². The summed E-state index contributed by atoms with van der Waals surface area (Å²) in [5.41, 5.74) is 2.91. The Morgan fingerprint density at radius 1 is 1.24 bits per heavy atom. The van der Waals surface area contributed by atoms with Gasteiger partial charge in [0, 0.05) is 24.1 Å². The lowest BCUT2D eigenvalue weighted by molar-refractivity contribution is 0.0951. The summed E-state index contributed by atoms with van der Waals surface area (Å²) in [5.74, 6) is 0.435. The molecule has 3 rings (SSSR count). The quantitative estimate of drug-likeness (QED) is 0.802. The van der Waals surface area contributed by atoms with Crippen LogP contribution in [0.1, 0.15) is 21.8 Å². The second kappa shape index (κ2) is 5.58. The first-order valence-electron chi connectivity index (χ1n) is 6.52. The van der Waals surface area contributed by atoms with Gasteiger partial charge in [-0.05, 0) is 35.9 Å². The summed E-state index contributed by atoms with van der Waals surface area (Å²) in [5, 5.41) is 3.54.